The molecule has 3 rings (SSSR count). The van der Waals surface area contributed by atoms with Crippen LogP contribution >= 0.6 is 0 Å². The van der Waals surface area contributed by atoms with Gasteiger partial charge in [-0.15, -0.1) is 9.19 Å². The Morgan fingerprint density at radius 1 is 1.10 bits per heavy atom. The lowest BCUT2D eigenvalue weighted by atomic mass is 10.3. The Bertz CT molecular complexity index is 934. The molecule has 8 nitrogen and oxygen atoms in total. The van der Waals surface area contributed by atoms with Crippen molar-refractivity contribution >= 4 is 26.7 Å². The summed E-state index contributed by atoms with van der Waals surface area (Å²) in [6.07, 6.45) is 0. The van der Waals surface area contributed by atoms with Gasteiger partial charge in [0.25, 0.3) is 15.7 Å². The van der Waals surface area contributed by atoms with E-state index in [1.54, 1.807) is 18.2 Å². The molecule has 0 saturated carbocycles. The molecule has 106 valence electrons. The van der Waals surface area contributed by atoms with Gasteiger partial charge in [0.2, 0.25) is 0 Å². The van der Waals surface area contributed by atoms with Crippen molar-refractivity contribution < 1.29 is 13.3 Å². The van der Waals surface area contributed by atoms with E-state index in [1.165, 1.54) is 30.3 Å². The second kappa shape index (κ2) is 4.63. The molecule has 0 aliphatic carbocycles. The van der Waals surface area contributed by atoms with E-state index in [1.807, 2.05) is 0 Å². The molecular formula is C12H8N4O4S. The maximum absolute atomic E-state index is 12.5. The molecule has 0 saturated heterocycles. The van der Waals surface area contributed by atoms with E-state index in [0.29, 0.717) is 0 Å². The summed E-state index contributed by atoms with van der Waals surface area (Å²) >= 11 is 0. The molecule has 0 N–H and O–H groups in total. The van der Waals surface area contributed by atoms with Gasteiger partial charge in [0, 0.05) is 12.1 Å². The lowest BCUT2D eigenvalue weighted by molar-refractivity contribution is -0.384. The highest BCUT2D eigenvalue weighted by atomic mass is 32.2. The zero-order valence-electron chi connectivity index (χ0n) is 10.4. The van der Waals surface area contributed by atoms with Crippen molar-refractivity contribution in [3.8, 4) is 0 Å². The SMILES string of the molecule is O=[N+]([O-])c1ccc2c(c1)nnn2S(=O)(=O)c1ccccc1. The third-order valence-corrected chi connectivity index (χ3v) is 4.47. The fourth-order valence-corrected chi connectivity index (χ4v) is 3.12. The fourth-order valence-electron chi connectivity index (χ4n) is 1.87. The van der Waals surface area contributed by atoms with Crippen LogP contribution in [-0.4, -0.2) is 27.7 Å². The van der Waals surface area contributed by atoms with Crippen LogP contribution in [-0.2, 0) is 10.0 Å². The van der Waals surface area contributed by atoms with Gasteiger partial charge < -0.3 is 0 Å². The Morgan fingerprint density at radius 2 is 1.81 bits per heavy atom. The molecule has 21 heavy (non-hydrogen) atoms. The van der Waals surface area contributed by atoms with Crippen LogP contribution in [0.15, 0.2) is 53.4 Å². The minimum Gasteiger partial charge on any atom is -0.258 e. The number of non-ortho nitro benzene ring substituents is 1. The highest BCUT2D eigenvalue weighted by Gasteiger charge is 2.22. The summed E-state index contributed by atoms with van der Waals surface area (Å²) in [5.74, 6) is 0. The van der Waals surface area contributed by atoms with E-state index >= 15 is 0 Å². The van der Waals surface area contributed by atoms with Crippen LogP contribution < -0.4 is 0 Å². The van der Waals surface area contributed by atoms with Crippen LogP contribution in [0.3, 0.4) is 0 Å². The standard InChI is InChI=1S/C12H8N4O4S/c17-16(18)9-6-7-12-11(8-9)13-14-15(12)21(19,20)10-4-2-1-3-5-10/h1-8H. The molecule has 0 atom stereocenters. The Labute approximate surface area is 118 Å². The van der Waals surface area contributed by atoms with Gasteiger partial charge in [-0.2, -0.15) is 8.42 Å². The van der Waals surface area contributed by atoms with E-state index in [-0.39, 0.29) is 21.6 Å². The Hall–Kier alpha value is -2.81. The average Bonchev–Trinajstić information content (AvgIpc) is 2.91. The lowest BCUT2D eigenvalue weighted by Gasteiger charge is -2.04. The van der Waals surface area contributed by atoms with E-state index in [4.69, 9.17) is 0 Å². The van der Waals surface area contributed by atoms with Crippen LogP contribution in [0.1, 0.15) is 0 Å². The molecule has 0 aliphatic heterocycles. The fraction of sp³-hybridized carbons (Fsp3) is 0. The number of hydrogen-bond donors (Lipinski definition) is 0. The predicted octanol–water partition coefficient (Wildman–Crippen LogP) is 1.58. The molecule has 9 heteroatoms. The van der Waals surface area contributed by atoms with Gasteiger partial charge in [0.15, 0.2) is 0 Å². The van der Waals surface area contributed by atoms with Crippen molar-refractivity contribution in [2.75, 3.05) is 0 Å². The van der Waals surface area contributed by atoms with E-state index < -0.39 is 14.9 Å². The highest BCUT2D eigenvalue weighted by molar-refractivity contribution is 7.90. The predicted molar refractivity (Wildman–Crippen MR) is 73.2 cm³/mol. The first kappa shape index (κ1) is 13.2. The molecule has 0 aliphatic rings. The van der Waals surface area contributed by atoms with E-state index in [9.17, 15) is 18.5 Å². The number of nitro groups is 1. The van der Waals surface area contributed by atoms with Gasteiger partial charge in [0.1, 0.15) is 11.0 Å². The summed E-state index contributed by atoms with van der Waals surface area (Å²) in [7, 11) is -3.88. The maximum Gasteiger partial charge on any atom is 0.284 e. The van der Waals surface area contributed by atoms with Crippen molar-refractivity contribution in [2.24, 2.45) is 0 Å². The lowest BCUT2D eigenvalue weighted by Crippen LogP contribution is -2.14. The number of rotatable bonds is 3. The van der Waals surface area contributed by atoms with Crippen molar-refractivity contribution in [3.05, 3.63) is 58.6 Å². The van der Waals surface area contributed by atoms with Crippen LogP contribution in [0.4, 0.5) is 5.69 Å². The number of nitro benzene ring substituents is 1. The monoisotopic (exact) mass is 304 g/mol. The molecule has 0 amide bonds. The third-order valence-electron chi connectivity index (χ3n) is 2.88. The van der Waals surface area contributed by atoms with Gasteiger partial charge in [-0.05, 0) is 18.2 Å². The normalized spacial score (nSPS) is 11.6. The Kier molecular flexibility index (Phi) is 2.91. The molecule has 1 aromatic heterocycles. The molecule has 0 fully saturated rings. The van der Waals surface area contributed by atoms with Crippen LogP contribution in [0.25, 0.3) is 11.0 Å². The number of aromatic nitrogens is 3. The van der Waals surface area contributed by atoms with Crippen molar-refractivity contribution in [1.82, 2.24) is 14.4 Å². The van der Waals surface area contributed by atoms with Crippen LogP contribution in [0.2, 0.25) is 0 Å². The number of hydrogen-bond acceptors (Lipinski definition) is 6. The molecule has 0 bridgehead atoms. The summed E-state index contributed by atoms with van der Waals surface area (Å²) in [5.41, 5.74) is 0.153. The topological polar surface area (TPSA) is 108 Å². The summed E-state index contributed by atoms with van der Waals surface area (Å²) < 4.78 is 25.7. The van der Waals surface area contributed by atoms with E-state index in [2.05, 4.69) is 10.3 Å². The van der Waals surface area contributed by atoms with Gasteiger partial charge in [0.05, 0.1) is 9.82 Å². The molecular weight excluding hydrogens is 296 g/mol. The first-order chi connectivity index (χ1) is 10.00. The largest absolute Gasteiger partial charge is 0.284 e. The van der Waals surface area contributed by atoms with Crippen molar-refractivity contribution in [1.29, 1.82) is 0 Å². The summed E-state index contributed by atoms with van der Waals surface area (Å²) in [6.45, 7) is 0. The average molecular weight is 304 g/mol. The van der Waals surface area contributed by atoms with Crippen LogP contribution in [0.5, 0.6) is 0 Å². The van der Waals surface area contributed by atoms with E-state index in [0.717, 1.165) is 4.09 Å². The first-order valence-electron chi connectivity index (χ1n) is 5.80. The minimum absolute atomic E-state index is 0.0650. The second-order valence-electron chi connectivity index (χ2n) is 4.18. The number of benzene rings is 2. The van der Waals surface area contributed by atoms with Gasteiger partial charge in [-0.1, -0.05) is 23.4 Å². The minimum atomic E-state index is -3.88. The highest BCUT2D eigenvalue weighted by Crippen LogP contribution is 2.22. The zero-order valence-corrected chi connectivity index (χ0v) is 11.3. The van der Waals surface area contributed by atoms with Crippen molar-refractivity contribution in [2.45, 2.75) is 4.90 Å². The summed E-state index contributed by atoms with van der Waals surface area (Å²) in [5, 5.41) is 18.0. The van der Waals surface area contributed by atoms with Gasteiger partial charge >= 0.3 is 0 Å². The maximum atomic E-state index is 12.5. The molecule has 0 unspecified atom stereocenters. The van der Waals surface area contributed by atoms with Gasteiger partial charge in [-0.3, -0.25) is 10.1 Å². The zero-order chi connectivity index (χ0) is 15.0. The quantitative estimate of drug-likeness (QED) is 0.537. The summed E-state index contributed by atoms with van der Waals surface area (Å²) in [4.78, 5) is 10.2. The first-order valence-corrected chi connectivity index (χ1v) is 7.24. The third kappa shape index (κ3) is 2.13. The van der Waals surface area contributed by atoms with Crippen molar-refractivity contribution in [3.63, 3.8) is 0 Å². The van der Waals surface area contributed by atoms with Gasteiger partial charge in [-0.25, -0.2) is 0 Å². The Balaban J connectivity index is 2.20. The number of nitrogens with zero attached hydrogens (tertiary/aromatic N) is 4. The molecule has 0 spiro atoms. The summed E-state index contributed by atoms with van der Waals surface area (Å²) in [6, 6.07) is 11.5. The Morgan fingerprint density at radius 3 is 2.48 bits per heavy atom. The molecule has 2 aromatic carbocycles. The van der Waals surface area contributed by atoms with Crippen LogP contribution in [0, 0.1) is 10.1 Å². The second-order valence-corrected chi connectivity index (χ2v) is 5.95. The molecule has 1 heterocycles. The smallest absolute Gasteiger partial charge is 0.258 e. The molecule has 3 aromatic rings. The number of fused-ring (bicyclic) bond motifs is 1. The molecule has 0 radical (unpaired) electrons.